The number of fused-ring (bicyclic) bond motifs is 1. The standard InChI is InChI=1S/C22H24F3N5O2/c1-3-32-19-12-17-14(13-30(28-17)15-7-9-29(2)10-8-15)11-18(19)27-21(31)16-5-4-6-20(26-16)22(23,24)25/h4-6,11-13,15H,3,7-10H2,1-2H3,(H,27,31). The minimum Gasteiger partial charge on any atom is -0.492 e. The van der Waals surface area contributed by atoms with E-state index < -0.39 is 17.8 Å². The molecule has 170 valence electrons. The molecule has 0 saturated carbocycles. The molecular formula is C22H24F3N5O2. The van der Waals surface area contributed by atoms with Gasteiger partial charge in [-0.05, 0) is 58.1 Å². The highest BCUT2D eigenvalue weighted by Gasteiger charge is 2.33. The lowest BCUT2D eigenvalue weighted by atomic mass is 10.1. The molecule has 0 spiro atoms. The van der Waals surface area contributed by atoms with E-state index in [1.165, 1.54) is 6.07 Å². The van der Waals surface area contributed by atoms with Gasteiger partial charge in [-0.15, -0.1) is 0 Å². The molecule has 0 bridgehead atoms. The Morgan fingerprint density at radius 1 is 1.25 bits per heavy atom. The van der Waals surface area contributed by atoms with Gasteiger partial charge in [0.2, 0.25) is 0 Å². The number of ether oxygens (including phenoxy) is 1. The number of anilines is 1. The molecule has 1 amide bonds. The number of amides is 1. The summed E-state index contributed by atoms with van der Waals surface area (Å²) >= 11 is 0. The second-order valence-electron chi connectivity index (χ2n) is 7.84. The number of carbonyl (C=O) groups is 1. The highest BCUT2D eigenvalue weighted by molar-refractivity contribution is 6.05. The number of nitrogens with one attached hydrogen (secondary N) is 1. The number of alkyl halides is 3. The van der Waals surface area contributed by atoms with Crippen molar-refractivity contribution in [2.24, 2.45) is 0 Å². The molecule has 3 heterocycles. The first-order chi connectivity index (χ1) is 15.2. The van der Waals surface area contributed by atoms with Crippen molar-refractivity contribution in [3.8, 4) is 5.75 Å². The van der Waals surface area contributed by atoms with Crippen molar-refractivity contribution in [3.05, 3.63) is 47.9 Å². The van der Waals surface area contributed by atoms with Gasteiger partial charge in [0, 0.05) is 17.6 Å². The van der Waals surface area contributed by atoms with Crippen LogP contribution in [0.4, 0.5) is 18.9 Å². The lowest BCUT2D eigenvalue weighted by Gasteiger charge is -2.28. The maximum absolute atomic E-state index is 12.9. The predicted molar refractivity (Wildman–Crippen MR) is 114 cm³/mol. The largest absolute Gasteiger partial charge is 0.492 e. The average molecular weight is 447 g/mol. The number of pyridine rings is 1. The molecule has 1 saturated heterocycles. The van der Waals surface area contributed by atoms with Crippen LogP contribution < -0.4 is 10.1 Å². The molecule has 7 nitrogen and oxygen atoms in total. The Morgan fingerprint density at radius 2 is 2.00 bits per heavy atom. The number of carbonyl (C=O) groups excluding carboxylic acids is 1. The lowest BCUT2D eigenvalue weighted by molar-refractivity contribution is -0.141. The molecule has 3 aromatic rings. The molecule has 0 radical (unpaired) electrons. The summed E-state index contributed by atoms with van der Waals surface area (Å²) in [5.41, 5.74) is -0.372. The van der Waals surface area contributed by atoms with E-state index in [0.29, 0.717) is 24.1 Å². The molecule has 0 atom stereocenters. The van der Waals surface area contributed by atoms with Crippen molar-refractivity contribution in [1.82, 2.24) is 19.7 Å². The predicted octanol–water partition coefficient (Wildman–Crippen LogP) is 4.37. The topological polar surface area (TPSA) is 72.3 Å². The second kappa shape index (κ2) is 8.78. The van der Waals surface area contributed by atoms with Gasteiger partial charge in [0.05, 0.1) is 23.9 Å². The normalized spacial score (nSPS) is 15.8. The van der Waals surface area contributed by atoms with E-state index in [0.717, 1.165) is 49.0 Å². The third kappa shape index (κ3) is 4.69. The zero-order valence-electron chi connectivity index (χ0n) is 17.8. The smallest absolute Gasteiger partial charge is 0.433 e. The van der Waals surface area contributed by atoms with Gasteiger partial charge < -0.3 is 15.0 Å². The molecule has 32 heavy (non-hydrogen) atoms. The number of nitrogens with zero attached hydrogens (tertiary/aromatic N) is 4. The third-order valence-corrected chi connectivity index (χ3v) is 5.51. The Balaban J connectivity index is 1.62. The van der Waals surface area contributed by atoms with E-state index in [1.807, 2.05) is 10.9 Å². The first-order valence-electron chi connectivity index (χ1n) is 10.4. The van der Waals surface area contributed by atoms with Gasteiger partial charge in [-0.2, -0.15) is 18.3 Å². The molecule has 2 aromatic heterocycles. The fourth-order valence-electron chi connectivity index (χ4n) is 3.80. The number of hydrogen-bond acceptors (Lipinski definition) is 5. The Morgan fingerprint density at radius 3 is 2.69 bits per heavy atom. The molecule has 4 rings (SSSR count). The van der Waals surface area contributed by atoms with E-state index in [2.05, 4.69) is 27.3 Å². The van der Waals surface area contributed by atoms with Crippen LogP contribution in [-0.4, -0.2) is 52.3 Å². The van der Waals surface area contributed by atoms with Crippen LogP contribution in [0.2, 0.25) is 0 Å². The molecule has 10 heteroatoms. The minimum atomic E-state index is -4.63. The molecule has 1 aliphatic rings. The van der Waals surface area contributed by atoms with Gasteiger partial charge in [-0.25, -0.2) is 4.98 Å². The van der Waals surface area contributed by atoms with Crippen molar-refractivity contribution < 1.29 is 22.7 Å². The highest BCUT2D eigenvalue weighted by Crippen LogP contribution is 2.33. The second-order valence-corrected chi connectivity index (χ2v) is 7.84. The summed E-state index contributed by atoms with van der Waals surface area (Å²) in [4.78, 5) is 18.4. The van der Waals surface area contributed by atoms with Crippen LogP contribution >= 0.6 is 0 Å². The van der Waals surface area contributed by atoms with Crippen molar-refractivity contribution in [2.75, 3.05) is 32.1 Å². The quantitative estimate of drug-likeness (QED) is 0.629. The molecule has 1 aliphatic heterocycles. The lowest BCUT2D eigenvalue weighted by Crippen LogP contribution is -2.31. The molecule has 0 unspecified atom stereocenters. The highest BCUT2D eigenvalue weighted by atomic mass is 19.4. The van der Waals surface area contributed by atoms with Crippen molar-refractivity contribution in [1.29, 1.82) is 0 Å². The molecule has 1 fully saturated rings. The Hall–Kier alpha value is -3.14. The number of likely N-dealkylation sites (tertiary alicyclic amines) is 1. The molecular weight excluding hydrogens is 423 g/mol. The maximum Gasteiger partial charge on any atom is 0.433 e. The van der Waals surface area contributed by atoms with E-state index >= 15 is 0 Å². The Kier molecular flexibility index (Phi) is 6.05. The molecule has 0 aliphatic carbocycles. The molecule has 1 N–H and O–H groups in total. The summed E-state index contributed by atoms with van der Waals surface area (Å²) in [5, 5.41) is 8.13. The summed E-state index contributed by atoms with van der Waals surface area (Å²) in [5.74, 6) is -0.354. The summed E-state index contributed by atoms with van der Waals surface area (Å²) in [6.07, 6.45) is -0.714. The number of benzene rings is 1. The van der Waals surface area contributed by atoms with Crippen LogP contribution in [0.25, 0.3) is 10.9 Å². The third-order valence-electron chi connectivity index (χ3n) is 5.51. The van der Waals surface area contributed by atoms with Gasteiger partial charge >= 0.3 is 6.18 Å². The van der Waals surface area contributed by atoms with Gasteiger partial charge in [0.25, 0.3) is 5.91 Å². The fourth-order valence-corrected chi connectivity index (χ4v) is 3.80. The summed E-state index contributed by atoms with van der Waals surface area (Å²) in [6.45, 7) is 4.15. The fraction of sp³-hybridized carbons (Fsp3) is 0.409. The van der Waals surface area contributed by atoms with Crippen LogP contribution in [0, 0.1) is 0 Å². The average Bonchev–Trinajstić information content (AvgIpc) is 3.17. The maximum atomic E-state index is 12.9. The van der Waals surface area contributed by atoms with E-state index in [4.69, 9.17) is 4.74 Å². The summed E-state index contributed by atoms with van der Waals surface area (Å²) < 4.78 is 46.5. The number of aromatic nitrogens is 3. The van der Waals surface area contributed by atoms with Crippen LogP contribution in [0.15, 0.2) is 36.5 Å². The van der Waals surface area contributed by atoms with E-state index in [1.54, 1.807) is 19.1 Å². The Bertz CT molecular complexity index is 1120. The Labute approximate surface area is 183 Å². The molecule has 1 aromatic carbocycles. The summed E-state index contributed by atoms with van der Waals surface area (Å²) in [7, 11) is 2.10. The van der Waals surface area contributed by atoms with E-state index in [-0.39, 0.29) is 5.69 Å². The number of hydrogen-bond donors (Lipinski definition) is 1. The monoisotopic (exact) mass is 447 g/mol. The zero-order valence-corrected chi connectivity index (χ0v) is 17.8. The zero-order chi connectivity index (χ0) is 22.9. The van der Waals surface area contributed by atoms with Crippen molar-refractivity contribution >= 4 is 22.5 Å². The van der Waals surface area contributed by atoms with Crippen LogP contribution in [0.5, 0.6) is 5.75 Å². The summed E-state index contributed by atoms with van der Waals surface area (Å²) in [6, 6.07) is 6.97. The van der Waals surface area contributed by atoms with Gasteiger partial charge in [0.1, 0.15) is 17.1 Å². The van der Waals surface area contributed by atoms with E-state index in [9.17, 15) is 18.0 Å². The first-order valence-corrected chi connectivity index (χ1v) is 10.4. The van der Waals surface area contributed by atoms with Crippen LogP contribution in [-0.2, 0) is 6.18 Å². The van der Waals surface area contributed by atoms with Crippen LogP contribution in [0.1, 0.15) is 42.0 Å². The van der Waals surface area contributed by atoms with Crippen molar-refractivity contribution in [3.63, 3.8) is 0 Å². The minimum absolute atomic E-state index is 0.293. The van der Waals surface area contributed by atoms with Gasteiger partial charge in [-0.3, -0.25) is 9.48 Å². The number of halogens is 3. The number of piperidine rings is 1. The van der Waals surface area contributed by atoms with Gasteiger partial charge in [0.15, 0.2) is 0 Å². The number of rotatable bonds is 5. The first kappa shape index (κ1) is 22.1. The SMILES string of the molecule is CCOc1cc2nn(C3CCN(C)CC3)cc2cc1NC(=O)c1cccc(C(F)(F)F)n1. The van der Waals surface area contributed by atoms with Crippen molar-refractivity contribution in [2.45, 2.75) is 32.0 Å². The van der Waals surface area contributed by atoms with Crippen LogP contribution in [0.3, 0.4) is 0 Å². The van der Waals surface area contributed by atoms with Gasteiger partial charge in [-0.1, -0.05) is 6.07 Å².